The Balaban J connectivity index is 1.81. The fourth-order valence-electron chi connectivity index (χ4n) is 6.37. The summed E-state index contributed by atoms with van der Waals surface area (Å²) in [5.74, 6) is -1.62. The quantitative estimate of drug-likeness (QED) is 0.436. The van der Waals surface area contributed by atoms with Crippen LogP contribution in [0.25, 0.3) is 0 Å². The first-order valence-corrected chi connectivity index (χ1v) is 10.2. The lowest BCUT2D eigenvalue weighted by atomic mass is 9.44. The normalized spacial score (nSPS) is 42.6. The molecule has 1 heterocycles. The van der Waals surface area contributed by atoms with E-state index in [1.165, 1.54) is 6.92 Å². The van der Waals surface area contributed by atoms with Crippen LogP contribution in [0.2, 0.25) is 0 Å². The molecule has 0 radical (unpaired) electrons. The minimum absolute atomic E-state index is 0.167. The first-order valence-electron chi connectivity index (χ1n) is 10.2. The number of hydrogen-bond donors (Lipinski definition) is 1. The van der Waals surface area contributed by atoms with Gasteiger partial charge in [-0.25, -0.2) is 9.59 Å². The van der Waals surface area contributed by atoms with Crippen LogP contribution >= 0.6 is 0 Å². The number of esters is 3. The highest BCUT2D eigenvalue weighted by Gasteiger charge is 2.85. The molecule has 0 aromatic carbocycles. The zero-order valence-electron chi connectivity index (χ0n) is 17.5. The van der Waals surface area contributed by atoms with Gasteiger partial charge in [0.15, 0.2) is 0 Å². The van der Waals surface area contributed by atoms with E-state index in [0.29, 0.717) is 24.0 Å². The number of aliphatic hydroxyl groups is 1. The summed E-state index contributed by atoms with van der Waals surface area (Å²) in [7, 11) is 0. The van der Waals surface area contributed by atoms with Crippen molar-refractivity contribution in [1.82, 2.24) is 0 Å². The summed E-state index contributed by atoms with van der Waals surface area (Å²) in [6.07, 6.45) is 2.99. The average Bonchev–Trinajstić information content (AvgIpc) is 3.17. The van der Waals surface area contributed by atoms with Gasteiger partial charge in [0.25, 0.3) is 0 Å². The average molecular weight is 404 g/mol. The second-order valence-electron chi connectivity index (χ2n) is 9.26. The Hall–Kier alpha value is -2.15. The van der Waals surface area contributed by atoms with Crippen LogP contribution in [0.15, 0.2) is 22.8 Å². The third-order valence-corrected chi connectivity index (χ3v) is 7.72. The van der Waals surface area contributed by atoms with Gasteiger partial charge in [-0.15, -0.1) is 0 Å². The lowest BCUT2D eigenvalue weighted by Gasteiger charge is -2.63. The molecule has 0 bridgehead atoms. The summed E-state index contributed by atoms with van der Waals surface area (Å²) in [6, 6.07) is 0. The van der Waals surface area contributed by atoms with Crippen LogP contribution in [-0.4, -0.2) is 46.9 Å². The molecule has 7 nitrogen and oxygen atoms in total. The van der Waals surface area contributed by atoms with E-state index in [1.807, 2.05) is 6.92 Å². The zero-order valence-corrected chi connectivity index (χ0v) is 17.5. The molecule has 29 heavy (non-hydrogen) atoms. The Morgan fingerprint density at radius 2 is 2.00 bits per heavy atom. The molecular formula is C22H28O7. The molecule has 3 saturated carbocycles. The van der Waals surface area contributed by atoms with Crippen molar-refractivity contribution < 1.29 is 33.7 Å². The summed E-state index contributed by atoms with van der Waals surface area (Å²) in [5, 5.41) is 11.1. The molecule has 0 saturated heterocycles. The second kappa shape index (κ2) is 6.17. The maximum atomic E-state index is 12.8. The van der Waals surface area contributed by atoms with E-state index >= 15 is 0 Å². The Morgan fingerprint density at radius 3 is 2.62 bits per heavy atom. The van der Waals surface area contributed by atoms with Gasteiger partial charge in [0.2, 0.25) is 0 Å². The first-order chi connectivity index (χ1) is 13.5. The summed E-state index contributed by atoms with van der Waals surface area (Å²) >= 11 is 0. The van der Waals surface area contributed by atoms with Crippen molar-refractivity contribution in [3.8, 4) is 0 Å². The molecule has 6 atom stereocenters. The molecule has 0 aromatic rings. The SMILES string of the molecule is CC=C(C)C(=O)OC1CC2(C)C3CCC(C)(O)C3C23OC(=O)C(COC(C)=O)=C13. The number of allylic oxidation sites excluding steroid dienone is 1. The van der Waals surface area contributed by atoms with E-state index in [2.05, 4.69) is 0 Å². The van der Waals surface area contributed by atoms with Gasteiger partial charge in [-0.2, -0.15) is 0 Å². The first kappa shape index (κ1) is 20.1. The molecule has 0 amide bonds. The Bertz CT molecular complexity index is 866. The topological polar surface area (TPSA) is 99.1 Å². The fraction of sp³-hybridized carbons (Fsp3) is 0.682. The van der Waals surface area contributed by atoms with Crippen LogP contribution in [0.4, 0.5) is 0 Å². The monoisotopic (exact) mass is 404 g/mol. The van der Waals surface area contributed by atoms with E-state index in [0.717, 1.165) is 6.42 Å². The van der Waals surface area contributed by atoms with Gasteiger partial charge >= 0.3 is 17.9 Å². The smallest absolute Gasteiger partial charge is 0.338 e. The predicted octanol–water partition coefficient (Wildman–Crippen LogP) is 2.22. The molecule has 3 aliphatic carbocycles. The van der Waals surface area contributed by atoms with E-state index < -0.39 is 40.6 Å². The van der Waals surface area contributed by atoms with Crippen LogP contribution in [0.5, 0.6) is 0 Å². The molecule has 1 aliphatic heterocycles. The van der Waals surface area contributed by atoms with Crippen molar-refractivity contribution in [1.29, 1.82) is 0 Å². The highest BCUT2D eigenvalue weighted by molar-refractivity contribution is 5.96. The largest absolute Gasteiger partial charge is 0.461 e. The van der Waals surface area contributed by atoms with Crippen molar-refractivity contribution in [2.45, 2.75) is 71.2 Å². The minimum Gasteiger partial charge on any atom is -0.461 e. The summed E-state index contributed by atoms with van der Waals surface area (Å²) in [5.41, 5.74) is -1.14. The molecule has 1 N–H and O–H groups in total. The van der Waals surface area contributed by atoms with Gasteiger partial charge in [-0.05, 0) is 46.0 Å². The van der Waals surface area contributed by atoms with Gasteiger partial charge in [0.05, 0.1) is 11.2 Å². The molecule has 4 aliphatic rings. The van der Waals surface area contributed by atoms with Gasteiger partial charge < -0.3 is 19.3 Å². The van der Waals surface area contributed by atoms with Crippen molar-refractivity contribution in [2.75, 3.05) is 6.61 Å². The van der Waals surface area contributed by atoms with Gasteiger partial charge in [0, 0.05) is 29.4 Å². The van der Waals surface area contributed by atoms with Crippen LogP contribution in [0.3, 0.4) is 0 Å². The maximum Gasteiger partial charge on any atom is 0.338 e. The highest BCUT2D eigenvalue weighted by Crippen LogP contribution is 2.78. The van der Waals surface area contributed by atoms with Crippen LogP contribution in [0, 0.1) is 17.3 Å². The van der Waals surface area contributed by atoms with Gasteiger partial charge in [0.1, 0.15) is 18.3 Å². The minimum atomic E-state index is -1.01. The van der Waals surface area contributed by atoms with E-state index in [9.17, 15) is 19.5 Å². The number of hydrogen-bond acceptors (Lipinski definition) is 7. The predicted molar refractivity (Wildman–Crippen MR) is 101 cm³/mol. The number of rotatable bonds is 4. The Morgan fingerprint density at radius 1 is 1.31 bits per heavy atom. The summed E-state index contributed by atoms with van der Waals surface area (Å²) in [4.78, 5) is 36.7. The molecule has 158 valence electrons. The third-order valence-electron chi connectivity index (χ3n) is 7.72. The van der Waals surface area contributed by atoms with Crippen LogP contribution in [-0.2, 0) is 28.6 Å². The maximum absolute atomic E-state index is 12.8. The van der Waals surface area contributed by atoms with Crippen LogP contribution < -0.4 is 0 Å². The molecule has 1 spiro atoms. The number of carbonyl (C=O) groups is 3. The van der Waals surface area contributed by atoms with Crippen molar-refractivity contribution in [3.63, 3.8) is 0 Å². The summed E-state index contributed by atoms with van der Waals surface area (Å²) in [6.45, 7) is 8.31. The molecule has 7 heteroatoms. The highest BCUT2D eigenvalue weighted by atomic mass is 16.6. The Labute approximate surface area is 170 Å². The third kappa shape index (κ3) is 2.43. The molecular weight excluding hydrogens is 376 g/mol. The van der Waals surface area contributed by atoms with Gasteiger partial charge in [-0.1, -0.05) is 13.0 Å². The van der Waals surface area contributed by atoms with E-state index in [4.69, 9.17) is 14.2 Å². The molecule has 3 fully saturated rings. The number of ether oxygens (including phenoxy) is 3. The van der Waals surface area contributed by atoms with Crippen LogP contribution in [0.1, 0.15) is 53.9 Å². The van der Waals surface area contributed by atoms with Crippen molar-refractivity contribution >= 4 is 17.9 Å². The molecule has 0 aromatic heterocycles. The van der Waals surface area contributed by atoms with Crippen molar-refractivity contribution in [3.05, 3.63) is 22.8 Å². The van der Waals surface area contributed by atoms with Gasteiger partial charge in [-0.3, -0.25) is 4.79 Å². The van der Waals surface area contributed by atoms with Crippen molar-refractivity contribution in [2.24, 2.45) is 17.3 Å². The lowest BCUT2D eigenvalue weighted by molar-refractivity contribution is -0.252. The number of carbonyl (C=O) groups excluding carboxylic acids is 3. The molecule has 4 rings (SSSR count). The second-order valence-corrected chi connectivity index (χ2v) is 9.26. The standard InChI is InChI=1S/C22H28O7/c1-6-11(2)18(24)28-15-9-20(4)14-7-8-21(5,26)17(14)22(20)16(15)13(19(25)29-22)10-27-12(3)23/h6,14-15,17,26H,7-10H2,1-5H3. The Kier molecular flexibility index (Phi) is 4.29. The molecule has 6 unspecified atom stereocenters. The zero-order chi connectivity index (χ0) is 21.4. The number of fused-ring (bicyclic) bond motifs is 2. The fourth-order valence-corrected chi connectivity index (χ4v) is 6.37. The lowest BCUT2D eigenvalue weighted by Crippen LogP contribution is -2.70. The summed E-state index contributed by atoms with van der Waals surface area (Å²) < 4.78 is 16.9. The van der Waals surface area contributed by atoms with E-state index in [1.54, 1.807) is 26.8 Å². The van der Waals surface area contributed by atoms with E-state index in [-0.39, 0.29) is 24.0 Å².